The number of thiocarbonyl (C=S) groups is 1. The normalized spacial score (nSPS) is 10.1. The Bertz CT molecular complexity index is 581. The molecule has 2 rings (SSSR count). The van der Waals surface area contributed by atoms with E-state index in [0.717, 1.165) is 16.9 Å². The van der Waals surface area contributed by atoms with E-state index in [4.69, 9.17) is 23.7 Å². The van der Waals surface area contributed by atoms with E-state index in [1.165, 1.54) is 0 Å². The zero-order valence-electron chi connectivity index (χ0n) is 10.1. The average molecular weight is 257 g/mol. The predicted octanol–water partition coefficient (Wildman–Crippen LogP) is 2.96. The molecule has 0 saturated carbocycles. The van der Waals surface area contributed by atoms with Gasteiger partial charge in [-0.2, -0.15) is 0 Å². The van der Waals surface area contributed by atoms with Crippen LogP contribution in [0.4, 0.5) is 17.1 Å². The van der Waals surface area contributed by atoms with Crippen LogP contribution in [0.25, 0.3) is 0 Å². The first kappa shape index (κ1) is 12.4. The number of hydrogen-bond acceptors (Lipinski definition) is 2. The highest BCUT2D eigenvalue weighted by Crippen LogP contribution is 2.30. The van der Waals surface area contributed by atoms with Crippen LogP contribution in [-0.2, 0) is 0 Å². The summed E-state index contributed by atoms with van der Waals surface area (Å²) in [6, 6.07) is 15.5. The molecule has 0 aliphatic carbocycles. The summed E-state index contributed by atoms with van der Waals surface area (Å²) in [7, 11) is 0. The Kier molecular flexibility index (Phi) is 3.48. The van der Waals surface area contributed by atoms with Gasteiger partial charge in [0.25, 0.3) is 0 Å². The number of para-hydroxylation sites is 2. The highest BCUT2D eigenvalue weighted by Gasteiger charge is 2.14. The predicted molar refractivity (Wildman–Crippen MR) is 81.0 cm³/mol. The molecule has 2 aromatic carbocycles. The van der Waals surface area contributed by atoms with Crippen molar-refractivity contribution in [2.45, 2.75) is 6.92 Å². The van der Waals surface area contributed by atoms with Crippen LogP contribution >= 0.6 is 12.2 Å². The summed E-state index contributed by atoms with van der Waals surface area (Å²) in [5, 5.41) is 0.276. The lowest BCUT2D eigenvalue weighted by Gasteiger charge is -2.24. The summed E-state index contributed by atoms with van der Waals surface area (Å²) < 4.78 is 0. The SMILES string of the molecule is Cc1cccc(N(C(N)=S)c2ccccc2N)c1. The highest BCUT2D eigenvalue weighted by molar-refractivity contribution is 7.80. The number of anilines is 3. The number of nitrogens with zero attached hydrogens (tertiary/aromatic N) is 1. The van der Waals surface area contributed by atoms with Crippen LogP contribution in [0, 0.1) is 6.92 Å². The summed E-state index contributed by atoms with van der Waals surface area (Å²) in [4.78, 5) is 1.78. The molecule has 4 N–H and O–H groups in total. The fraction of sp³-hybridized carbons (Fsp3) is 0.0714. The van der Waals surface area contributed by atoms with E-state index in [9.17, 15) is 0 Å². The van der Waals surface area contributed by atoms with E-state index in [2.05, 4.69) is 0 Å². The van der Waals surface area contributed by atoms with Crippen molar-refractivity contribution in [3.05, 3.63) is 54.1 Å². The Morgan fingerprint density at radius 2 is 1.83 bits per heavy atom. The summed E-state index contributed by atoms with van der Waals surface area (Å²) >= 11 is 5.13. The molecular weight excluding hydrogens is 242 g/mol. The second-order valence-electron chi connectivity index (χ2n) is 4.07. The first-order chi connectivity index (χ1) is 8.59. The first-order valence-electron chi connectivity index (χ1n) is 5.60. The highest BCUT2D eigenvalue weighted by atomic mass is 32.1. The molecule has 0 aliphatic heterocycles. The van der Waals surface area contributed by atoms with Crippen LogP contribution in [0.1, 0.15) is 5.56 Å². The summed E-state index contributed by atoms with van der Waals surface area (Å²) in [5.74, 6) is 0. The van der Waals surface area contributed by atoms with Gasteiger partial charge in [-0.05, 0) is 49.0 Å². The van der Waals surface area contributed by atoms with Gasteiger partial charge >= 0.3 is 0 Å². The summed E-state index contributed by atoms with van der Waals surface area (Å²) in [5.41, 5.74) is 15.3. The van der Waals surface area contributed by atoms with E-state index < -0.39 is 0 Å². The Morgan fingerprint density at radius 3 is 2.44 bits per heavy atom. The van der Waals surface area contributed by atoms with Crippen molar-refractivity contribution in [2.75, 3.05) is 10.6 Å². The third-order valence-electron chi connectivity index (χ3n) is 2.66. The molecular formula is C14H15N3S. The molecule has 0 radical (unpaired) electrons. The van der Waals surface area contributed by atoms with Crippen molar-refractivity contribution in [2.24, 2.45) is 5.73 Å². The Balaban J connectivity index is 2.54. The maximum atomic E-state index is 5.98. The van der Waals surface area contributed by atoms with Gasteiger partial charge in [-0.1, -0.05) is 24.3 Å². The molecule has 0 saturated heterocycles. The van der Waals surface area contributed by atoms with Gasteiger partial charge in [-0.25, -0.2) is 0 Å². The second kappa shape index (κ2) is 5.06. The van der Waals surface area contributed by atoms with Gasteiger partial charge in [0.2, 0.25) is 0 Å². The minimum absolute atomic E-state index is 0.276. The van der Waals surface area contributed by atoms with E-state index in [1.54, 1.807) is 4.90 Å². The van der Waals surface area contributed by atoms with Crippen LogP contribution in [-0.4, -0.2) is 5.11 Å². The van der Waals surface area contributed by atoms with Crippen molar-refractivity contribution in [3.8, 4) is 0 Å². The molecule has 18 heavy (non-hydrogen) atoms. The number of rotatable bonds is 2. The van der Waals surface area contributed by atoms with Crippen LogP contribution in [0.2, 0.25) is 0 Å². The molecule has 0 spiro atoms. The van der Waals surface area contributed by atoms with Gasteiger partial charge in [0, 0.05) is 5.69 Å². The van der Waals surface area contributed by atoms with Crippen molar-refractivity contribution >= 4 is 34.4 Å². The zero-order valence-corrected chi connectivity index (χ0v) is 10.9. The Morgan fingerprint density at radius 1 is 1.11 bits per heavy atom. The molecule has 0 fully saturated rings. The molecule has 2 aromatic rings. The summed E-state index contributed by atoms with van der Waals surface area (Å²) in [6.45, 7) is 2.02. The molecule has 92 valence electrons. The molecule has 0 bridgehead atoms. The van der Waals surface area contributed by atoms with Gasteiger partial charge in [-0.3, -0.25) is 4.90 Å². The lowest BCUT2D eigenvalue weighted by molar-refractivity contribution is 1.32. The monoisotopic (exact) mass is 257 g/mol. The molecule has 0 amide bonds. The lowest BCUT2D eigenvalue weighted by atomic mass is 10.2. The molecule has 0 aromatic heterocycles. The van der Waals surface area contributed by atoms with Gasteiger partial charge in [-0.15, -0.1) is 0 Å². The number of aryl methyl sites for hydroxylation is 1. The molecule has 0 aliphatic rings. The van der Waals surface area contributed by atoms with Crippen molar-refractivity contribution < 1.29 is 0 Å². The molecule has 4 heteroatoms. The largest absolute Gasteiger partial charge is 0.397 e. The molecule has 0 atom stereocenters. The fourth-order valence-corrected chi connectivity index (χ4v) is 2.05. The van der Waals surface area contributed by atoms with Crippen LogP contribution in [0.5, 0.6) is 0 Å². The Labute approximate surface area is 112 Å². The van der Waals surface area contributed by atoms with Gasteiger partial charge in [0.05, 0.1) is 11.4 Å². The minimum Gasteiger partial charge on any atom is -0.397 e. The van der Waals surface area contributed by atoms with Crippen molar-refractivity contribution in [1.29, 1.82) is 0 Å². The van der Waals surface area contributed by atoms with E-state index in [0.29, 0.717) is 5.69 Å². The number of nitrogen functional groups attached to an aromatic ring is 1. The second-order valence-corrected chi connectivity index (χ2v) is 4.49. The number of nitrogens with two attached hydrogens (primary N) is 2. The number of hydrogen-bond donors (Lipinski definition) is 2. The van der Waals surface area contributed by atoms with Gasteiger partial charge in [0.15, 0.2) is 5.11 Å². The molecule has 0 unspecified atom stereocenters. The zero-order chi connectivity index (χ0) is 13.1. The van der Waals surface area contributed by atoms with Crippen LogP contribution in [0.15, 0.2) is 48.5 Å². The number of benzene rings is 2. The summed E-state index contributed by atoms with van der Waals surface area (Å²) in [6.07, 6.45) is 0. The van der Waals surface area contributed by atoms with Crippen molar-refractivity contribution in [1.82, 2.24) is 0 Å². The standard InChI is InChI=1S/C14H15N3S/c1-10-5-4-6-11(9-10)17(14(16)18)13-8-3-2-7-12(13)15/h2-9H,15H2,1H3,(H2,16,18). The van der Waals surface area contributed by atoms with E-state index in [-0.39, 0.29) is 5.11 Å². The fourth-order valence-electron chi connectivity index (χ4n) is 1.84. The first-order valence-corrected chi connectivity index (χ1v) is 6.01. The van der Waals surface area contributed by atoms with E-state index in [1.807, 2.05) is 55.5 Å². The molecule has 3 nitrogen and oxygen atoms in total. The van der Waals surface area contributed by atoms with Gasteiger partial charge in [0.1, 0.15) is 0 Å². The van der Waals surface area contributed by atoms with Crippen LogP contribution in [0.3, 0.4) is 0 Å². The Hall–Kier alpha value is -2.07. The van der Waals surface area contributed by atoms with Crippen molar-refractivity contribution in [3.63, 3.8) is 0 Å². The maximum Gasteiger partial charge on any atom is 0.175 e. The molecule has 0 heterocycles. The van der Waals surface area contributed by atoms with Gasteiger partial charge < -0.3 is 11.5 Å². The topological polar surface area (TPSA) is 55.3 Å². The van der Waals surface area contributed by atoms with E-state index >= 15 is 0 Å². The third-order valence-corrected chi connectivity index (χ3v) is 2.84. The smallest absolute Gasteiger partial charge is 0.175 e. The van der Waals surface area contributed by atoms with Crippen LogP contribution < -0.4 is 16.4 Å². The maximum absolute atomic E-state index is 5.98. The quantitative estimate of drug-likeness (QED) is 0.641. The lowest BCUT2D eigenvalue weighted by Crippen LogP contribution is -2.31. The minimum atomic E-state index is 0.276. The third kappa shape index (κ3) is 2.43. The average Bonchev–Trinajstić information content (AvgIpc) is 2.32.